The minimum absolute atomic E-state index is 0.116. The first-order valence-electron chi connectivity index (χ1n) is 4.03. The van der Waals surface area contributed by atoms with Gasteiger partial charge in [-0.25, -0.2) is 0 Å². The zero-order valence-electron chi connectivity index (χ0n) is 7.51. The van der Waals surface area contributed by atoms with Crippen LogP contribution in [-0.2, 0) is 11.2 Å². The maximum atomic E-state index is 10.5. The quantitative estimate of drug-likeness (QED) is 0.828. The third-order valence-corrected chi connectivity index (χ3v) is 2.92. The molecule has 0 aliphatic carbocycles. The molecule has 0 aromatic heterocycles. The Kier molecular flexibility index (Phi) is 4.22. The Morgan fingerprint density at radius 1 is 1.27 bits per heavy atom. The summed E-state index contributed by atoms with van der Waals surface area (Å²) in [6, 6.07) is 1.99. The van der Waals surface area contributed by atoms with Crippen LogP contribution in [-0.4, -0.2) is 17.1 Å². The summed E-state index contributed by atoms with van der Waals surface area (Å²) in [6.45, 7) is 0. The lowest BCUT2D eigenvalue weighted by Gasteiger charge is -2.09. The van der Waals surface area contributed by atoms with Gasteiger partial charge < -0.3 is 10.8 Å². The summed E-state index contributed by atoms with van der Waals surface area (Å²) < 4.78 is 0. The average molecular weight is 269 g/mol. The lowest BCUT2D eigenvalue weighted by Crippen LogP contribution is -2.32. The second-order valence-corrected chi connectivity index (χ2v) is 4.23. The lowest BCUT2D eigenvalue weighted by atomic mass is 10.1. The van der Waals surface area contributed by atoms with Gasteiger partial charge in [0.1, 0.15) is 6.04 Å². The number of halogens is 3. The molecular weight excluding hydrogens is 260 g/mol. The Morgan fingerprint density at radius 2 is 1.80 bits per heavy atom. The van der Waals surface area contributed by atoms with Crippen LogP contribution in [0.3, 0.4) is 0 Å². The Morgan fingerprint density at radius 3 is 2.33 bits per heavy atom. The van der Waals surface area contributed by atoms with E-state index in [4.69, 9.17) is 45.6 Å². The zero-order valence-corrected chi connectivity index (χ0v) is 9.77. The van der Waals surface area contributed by atoms with Crippen molar-refractivity contribution in [3.63, 3.8) is 0 Å². The van der Waals surface area contributed by atoms with E-state index in [1.165, 1.54) is 12.1 Å². The van der Waals surface area contributed by atoms with E-state index in [0.29, 0.717) is 20.6 Å². The van der Waals surface area contributed by atoms with Crippen molar-refractivity contribution >= 4 is 40.8 Å². The SMILES string of the molecule is NC(Cc1cc(Cl)c(Cl)cc1Cl)C(=O)O. The molecule has 0 saturated heterocycles. The highest BCUT2D eigenvalue weighted by molar-refractivity contribution is 6.43. The van der Waals surface area contributed by atoms with Crippen LogP contribution in [0.5, 0.6) is 0 Å². The Balaban J connectivity index is 2.95. The number of carboxylic acids is 1. The number of hydrogen-bond acceptors (Lipinski definition) is 2. The maximum Gasteiger partial charge on any atom is 0.320 e. The Bertz CT molecular complexity index is 395. The van der Waals surface area contributed by atoms with Gasteiger partial charge in [0.2, 0.25) is 0 Å². The topological polar surface area (TPSA) is 63.3 Å². The minimum atomic E-state index is -1.09. The van der Waals surface area contributed by atoms with Crippen LogP contribution in [0.2, 0.25) is 15.1 Å². The predicted molar refractivity (Wildman–Crippen MR) is 60.8 cm³/mol. The van der Waals surface area contributed by atoms with Gasteiger partial charge in [-0.05, 0) is 24.1 Å². The molecule has 0 radical (unpaired) electrons. The highest BCUT2D eigenvalue weighted by atomic mass is 35.5. The fourth-order valence-electron chi connectivity index (χ4n) is 1.04. The van der Waals surface area contributed by atoms with Crippen LogP contribution in [0.4, 0.5) is 0 Å². The summed E-state index contributed by atoms with van der Waals surface area (Å²) in [5, 5.41) is 9.65. The molecule has 0 saturated carbocycles. The Hall–Kier alpha value is -0.480. The second kappa shape index (κ2) is 5.03. The Labute approximate surface area is 102 Å². The van der Waals surface area contributed by atoms with Gasteiger partial charge in [0.25, 0.3) is 0 Å². The molecule has 15 heavy (non-hydrogen) atoms. The van der Waals surface area contributed by atoms with E-state index in [2.05, 4.69) is 0 Å². The molecule has 0 fully saturated rings. The van der Waals surface area contributed by atoms with E-state index in [1.54, 1.807) is 0 Å². The summed E-state index contributed by atoms with van der Waals surface area (Å²) in [5.74, 6) is -1.09. The average Bonchev–Trinajstić information content (AvgIpc) is 2.13. The number of rotatable bonds is 3. The maximum absolute atomic E-state index is 10.5. The molecule has 0 spiro atoms. The molecule has 1 atom stereocenters. The van der Waals surface area contributed by atoms with E-state index < -0.39 is 12.0 Å². The highest BCUT2D eigenvalue weighted by Crippen LogP contribution is 2.29. The van der Waals surface area contributed by atoms with Crippen molar-refractivity contribution in [3.8, 4) is 0 Å². The van der Waals surface area contributed by atoms with Crippen molar-refractivity contribution in [1.82, 2.24) is 0 Å². The minimum Gasteiger partial charge on any atom is -0.480 e. The molecule has 0 heterocycles. The number of aliphatic carboxylic acids is 1. The van der Waals surface area contributed by atoms with Gasteiger partial charge in [0.15, 0.2) is 0 Å². The molecule has 82 valence electrons. The summed E-state index contributed by atoms with van der Waals surface area (Å²) >= 11 is 17.3. The first kappa shape index (κ1) is 12.6. The molecule has 1 aromatic rings. The summed E-state index contributed by atoms with van der Waals surface area (Å²) in [7, 11) is 0. The summed E-state index contributed by atoms with van der Waals surface area (Å²) in [5.41, 5.74) is 5.94. The smallest absolute Gasteiger partial charge is 0.320 e. The van der Waals surface area contributed by atoms with Crippen molar-refractivity contribution in [2.45, 2.75) is 12.5 Å². The lowest BCUT2D eigenvalue weighted by molar-refractivity contribution is -0.138. The van der Waals surface area contributed by atoms with E-state index >= 15 is 0 Å². The van der Waals surface area contributed by atoms with Crippen LogP contribution < -0.4 is 5.73 Å². The van der Waals surface area contributed by atoms with Gasteiger partial charge in [-0.3, -0.25) is 4.79 Å². The van der Waals surface area contributed by atoms with Crippen molar-refractivity contribution in [2.75, 3.05) is 0 Å². The number of nitrogens with two attached hydrogens (primary N) is 1. The van der Waals surface area contributed by atoms with Crippen LogP contribution in [0.25, 0.3) is 0 Å². The molecule has 0 bridgehead atoms. The standard InChI is InChI=1S/C9H8Cl3NO2/c10-5-3-7(12)6(11)1-4(5)2-8(13)9(14)15/h1,3,8H,2,13H2,(H,14,15). The van der Waals surface area contributed by atoms with Gasteiger partial charge in [-0.15, -0.1) is 0 Å². The van der Waals surface area contributed by atoms with E-state index in [0.717, 1.165) is 0 Å². The van der Waals surface area contributed by atoms with Crippen LogP contribution in [0, 0.1) is 0 Å². The number of benzene rings is 1. The van der Waals surface area contributed by atoms with E-state index in [1.807, 2.05) is 0 Å². The first-order chi connectivity index (χ1) is 6.91. The van der Waals surface area contributed by atoms with Crippen molar-refractivity contribution in [2.24, 2.45) is 5.73 Å². The fourth-order valence-corrected chi connectivity index (χ4v) is 1.69. The summed E-state index contributed by atoms with van der Waals surface area (Å²) in [4.78, 5) is 10.5. The number of hydrogen-bond donors (Lipinski definition) is 2. The molecule has 0 amide bonds. The monoisotopic (exact) mass is 267 g/mol. The normalized spacial score (nSPS) is 12.5. The summed E-state index contributed by atoms with van der Waals surface area (Å²) in [6.07, 6.45) is 0.116. The fraction of sp³-hybridized carbons (Fsp3) is 0.222. The molecule has 3 N–H and O–H groups in total. The van der Waals surface area contributed by atoms with Crippen molar-refractivity contribution in [1.29, 1.82) is 0 Å². The molecular formula is C9H8Cl3NO2. The molecule has 0 aliphatic heterocycles. The van der Waals surface area contributed by atoms with Crippen LogP contribution in [0.1, 0.15) is 5.56 Å². The largest absolute Gasteiger partial charge is 0.480 e. The molecule has 1 rings (SSSR count). The van der Waals surface area contributed by atoms with Crippen LogP contribution in [0.15, 0.2) is 12.1 Å². The molecule has 6 heteroatoms. The molecule has 1 unspecified atom stereocenters. The third-order valence-electron chi connectivity index (χ3n) is 1.85. The van der Waals surface area contributed by atoms with Crippen LogP contribution >= 0.6 is 34.8 Å². The second-order valence-electron chi connectivity index (χ2n) is 3.01. The van der Waals surface area contributed by atoms with Crippen molar-refractivity contribution < 1.29 is 9.90 Å². The van der Waals surface area contributed by atoms with Crippen molar-refractivity contribution in [3.05, 3.63) is 32.8 Å². The predicted octanol–water partition coefficient (Wildman–Crippen LogP) is 2.60. The molecule has 1 aromatic carbocycles. The molecule has 0 aliphatic rings. The molecule has 3 nitrogen and oxygen atoms in total. The van der Waals surface area contributed by atoms with Gasteiger partial charge in [0, 0.05) is 5.02 Å². The van der Waals surface area contributed by atoms with E-state index in [9.17, 15) is 4.79 Å². The number of carboxylic acid groups (broad SMARTS) is 1. The van der Waals surface area contributed by atoms with Gasteiger partial charge in [-0.1, -0.05) is 34.8 Å². The van der Waals surface area contributed by atoms with Gasteiger partial charge in [0.05, 0.1) is 10.0 Å². The third kappa shape index (κ3) is 3.24. The van der Waals surface area contributed by atoms with Gasteiger partial charge in [-0.2, -0.15) is 0 Å². The van der Waals surface area contributed by atoms with Gasteiger partial charge >= 0.3 is 5.97 Å². The highest BCUT2D eigenvalue weighted by Gasteiger charge is 2.15. The van der Waals surface area contributed by atoms with E-state index in [-0.39, 0.29) is 6.42 Å². The number of carbonyl (C=O) groups is 1. The first-order valence-corrected chi connectivity index (χ1v) is 5.17. The zero-order chi connectivity index (χ0) is 11.6.